The van der Waals surface area contributed by atoms with Gasteiger partial charge in [0.2, 0.25) is 23.6 Å². The Morgan fingerprint density at radius 2 is 1.43 bits per heavy atom. The number of nitrogens with one attached hydrogen (secondary N) is 5. The van der Waals surface area contributed by atoms with E-state index in [9.17, 15) is 49.2 Å². The molecule has 53 heavy (non-hydrogen) atoms. The molecule has 286 valence electrons. The minimum atomic E-state index is -1.77. The van der Waals surface area contributed by atoms with Crippen LogP contribution in [-0.4, -0.2) is 110 Å². The lowest BCUT2D eigenvalue weighted by molar-refractivity contribution is -0.142. The number of carboxylic acids is 2. The highest BCUT2D eigenvalue weighted by atomic mass is 16.4. The number of hydrogen-bond donors (Lipinski definition) is 12. The van der Waals surface area contributed by atoms with Crippen molar-refractivity contribution >= 4 is 52.4 Å². The molecule has 0 aliphatic carbocycles. The summed E-state index contributed by atoms with van der Waals surface area (Å²) in [7, 11) is 0. The molecule has 0 aliphatic heterocycles. The minimum absolute atomic E-state index is 0.0351. The van der Waals surface area contributed by atoms with E-state index in [4.69, 9.17) is 17.2 Å². The molecule has 3 rings (SSSR count). The molecule has 0 aliphatic rings. The van der Waals surface area contributed by atoms with Gasteiger partial charge in [0.15, 0.2) is 5.96 Å². The second-order valence-electron chi connectivity index (χ2n) is 12.3. The van der Waals surface area contributed by atoms with E-state index in [-0.39, 0.29) is 43.9 Å². The highest BCUT2D eigenvalue weighted by molar-refractivity contribution is 5.97. The maximum absolute atomic E-state index is 13.5. The van der Waals surface area contributed by atoms with Crippen molar-refractivity contribution < 1.29 is 49.2 Å². The third-order valence-corrected chi connectivity index (χ3v) is 8.09. The van der Waals surface area contributed by atoms with Crippen molar-refractivity contribution in [2.24, 2.45) is 22.2 Å². The number of aliphatic imine (C=N–C) groups is 1. The van der Waals surface area contributed by atoms with E-state index in [0.29, 0.717) is 11.1 Å². The Bertz CT molecular complexity index is 1790. The summed E-state index contributed by atoms with van der Waals surface area (Å²) in [6, 6.07) is 5.36. The lowest BCUT2D eigenvalue weighted by Gasteiger charge is -2.27. The van der Waals surface area contributed by atoms with Crippen LogP contribution in [0.3, 0.4) is 0 Å². The van der Waals surface area contributed by atoms with Crippen molar-refractivity contribution in [3.05, 3.63) is 65.9 Å². The van der Waals surface area contributed by atoms with Gasteiger partial charge in [0.1, 0.15) is 29.9 Å². The Labute approximate surface area is 303 Å². The van der Waals surface area contributed by atoms with Crippen LogP contribution in [0, 0.1) is 0 Å². The zero-order valence-corrected chi connectivity index (χ0v) is 28.8. The van der Waals surface area contributed by atoms with Crippen LogP contribution in [0.4, 0.5) is 0 Å². The summed E-state index contributed by atoms with van der Waals surface area (Å²) in [5, 5.41) is 49.4. The summed E-state index contributed by atoms with van der Waals surface area (Å²) in [5.41, 5.74) is 18.8. The number of fused-ring (bicyclic) bond motifs is 1. The Morgan fingerprint density at radius 3 is 2.06 bits per heavy atom. The number of carboxylic acid groups (broad SMARTS) is 2. The molecule has 15 N–H and O–H groups in total. The Morgan fingerprint density at radius 1 is 0.811 bits per heavy atom. The van der Waals surface area contributed by atoms with Gasteiger partial charge in [-0.05, 0) is 55.5 Å². The van der Waals surface area contributed by atoms with Crippen LogP contribution in [0.5, 0.6) is 5.75 Å². The van der Waals surface area contributed by atoms with Gasteiger partial charge in [-0.2, -0.15) is 0 Å². The fraction of sp³-hybridized carbons (Fsp3) is 0.382. The van der Waals surface area contributed by atoms with Crippen LogP contribution in [0.25, 0.3) is 10.9 Å². The normalized spacial score (nSPS) is 14.4. The van der Waals surface area contributed by atoms with Gasteiger partial charge in [-0.1, -0.05) is 30.3 Å². The number of aromatic amines is 1. The van der Waals surface area contributed by atoms with Gasteiger partial charge in [-0.25, -0.2) is 4.79 Å². The van der Waals surface area contributed by atoms with Crippen molar-refractivity contribution in [3.8, 4) is 5.75 Å². The van der Waals surface area contributed by atoms with Crippen LogP contribution >= 0.6 is 0 Å². The Balaban J connectivity index is 1.74. The predicted molar refractivity (Wildman–Crippen MR) is 191 cm³/mol. The lowest BCUT2D eigenvalue weighted by atomic mass is 10.0. The average molecular weight is 740 g/mol. The van der Waals surface area contributed by atoms with Crippen LogP contribution in [0.1, 0.15) is 37.3 Å². The summed E-state index contributed by atoms with van der Waals surface area (Å²) < 4.78 is 0. The number of nitrogens with zero attached hydrogens (tertiary/aromatic N) is 1. The quantitative estimate of drug-likeness (QED) is 0.0337. The summed E-state index contributed by atoms with van der Waals surface area (Å²) in [4.78, 5) is 83.8. The molecule has 0 bridgehead atoms. The van der Waals surface area contributed by atoms with Crippen molar-refractivity contribution in [2.45, 2.75) is 75.3 Å². The molecule has 0 spiro atoms. The Hall–Kier alpha value is -6.21. The number of aromatic hydroxyl groups is 1. The Kier molecular flexibility index (Phi) is 15.1. The molecule has 0 radical (unpaired) electrons. The van der Waals surface area contributed by atoms with Crippen LogP contribution < -0.4 is 38.5 Å². The number of benzene rings is 2. The summed E-state index contributed by atoms with van der Waals surface area (Å²) in [5.74, 6) is -7.14. The molecule has 3 aromatic rings. The van der Waals surface area contributed by atoms with Gasteiger partial charge in [0.25, 0.3) is 0 Å². The molecule has 4 amide bonds. The van der Waals surface area contributed by atoms with E-state index in [0.717, 1.165) is 17.8 Å². The first-order valence-corrected chi connectivity index (χ1v) is 16.5. The van der Waals surface area contributed by atoms with E-state index < -0.39 is 78.3 Å². The van der Waals surface area contributed by atoms with Crippen molar-refractivity contribution in [3.63, 3.8) is 0 Å². The molecule has 1 heterocycles. The SMILES string of the molecule is C[C@@H](O)[C@H](NC(=O)[C@H](CC(=O)O)NC(=O)[C@@H](N)Cc1c[nH]c2ccccc12)C(=O)N[C@@H](CCCN=C(N)N)C(=O)N[C@@H](Cc1ccc(O)cc1)C(=O)O. The number of amides is 4. The zero-order chi connectivity index (χ0) is 39.2. The number of carbonyl (C=O) groups excluding carboxylic acids is 4. The highest BCUT2D eigenvalue weighted by Gasteiger charge is 2.34. The standard InChI is InChI=1S/C34H45N9O10/c1-17(44)28(43-31(50)25(15-27(46)47)41-29(48)22(35)14-19-16-39-23-6-3-2-5-21(19)23)32(51)40-24(7-4-12-38-34(36)37)30(49)42-26(33(52)53)13-18-8-10-20(45)11-9-18/h2-3,5-6,8-11,16-17,22,24-26,28,39,44-45H,4,7,12-15,35H2,1H3,(H,40,51)(H,41,48)(H,42,49)(H,43,50)(H,46,47)(H,52,53)(H4,36,37,38)/t17-,22+,24+,25+,26+,28+/m1/s1. The van der Waals surface area contributed by atoms with Crippen molar-refractivity contribution in [1.29, 1.82) is 0 Å². The van der Waals surface area contributed by atoms with Crippen LogP contribution in [-0.2, 0) is 41.6 Å². The summed E-state index contributed by atoms with van der Waals surface area (Å²) >= 11 is 0. The number of phenols is 1. The molecule has 19 nitrogen and oxygen atoms in total. The van der Waals surface area contributed by atoms with Crippen molar-refractivity contribution in [2.75, 3.05) is 6.54 Å². The summed E-state index contributed by atoms with van der Waals surface area (Å²) in [6.45, 7) is 1.19. The first kappa shape index (κ1) is 41.2. The number of nitrogens with two attached hydrogens (primary N) is 3. The van der Waals surface area contributed by atoms with E-state index in [2.05, 4.69) is 31.2 Å². The molecule has 19 heteroatoms. The molecule has 0 fully saturated rings. The number of para-hydroxylation sites is 1. The maximum Gasteiger partial charge on any atom is 0.326 e. The predicted octanol–water partition coefficient (Wildman–Crippen LogP) is -2.08. The van der Waals surface area contributed by atoms with E-state index in [1.165, 1.54) is 24.3 Å². The van der Waals surface area contributed by atoms with Crippen LogP contribution in [0.15, 0.2) is 59.7 Å². The maximum atomic E-state index is 13.5. The monoisotopic (exact) mass is 739 g/mol. The second kappa shape index (κ2) is 19.4. The number of hydrogen-bond acceptors (Lipinski definition) is 10. The summed E-state index contributed by atoms with van der Waals surface area (Å²) in [6.07, 6.45) is -0.952. The highest BCUT2D eigenvalue weighted by Crippen LogP contribution is 2.19. The van der Waals surface area contributed by atoms with Gasteiger partial charge >= 0.3 is 11.9 Å². The number of rotatable bonds is 20. The van der Waals surface area contributed by atoms with Gasteiger partial charge in [0, 0.05) is 30.1 Å². The van der Waals surface area contributed by atoms with E-state index in [1.807, 2.05) is 18.2 Å². The van der Waals surface area contributed by atoms with E-state index in [1.54, 1.807) is 12.3 Å². The first-order chi connectivity index (χ1) is 25.0. The first-order valence-electron chi connectivity index (χ1n) is 16.5. The molecular weight excluding hydrogens is 694 g/mol. The molecule has 0 unspecified atom stereocenters. The van der Waals surface area contributed by atoms with Gasteiger partial charge in [-0.15, -0.1) is 0 Å². The smallest absolute Gasteiger partial charge is 0.326 e. The number of aliphatic carboxylic acids is 2. The van der Waals surface area contributed by atoms with Crippen LogP contribution in [0.2, 0.25) is 0 Å². The fourth-order valence-electron chi connectivity index (χ4n) is 5.33. The zero-order valence-electron chi connectivity index (χ0n) is 28.8. The third-order valence-electron chi connectivity index (χ3n) is 8.09. The number of aromatic nitrogens is 1. The molecule has 0 saturated heterocycles. The van der Waals surface area contributed by atoms with E-state index >= 15 is 0 Å². The topological polar surface area (TPSA) is 338 Å². The number of guanidine groups is 1. The average Bonchev–Trinajstić information content (AvgIpc) is 3.50. The number of aliphatic hydroxyl groups is 1. The molecule has 2 aromatic carbocycles. The van der Waals surface area contributed by atoms with Gasteiger partial charge in [-0.3, -0.25) is 29.0 Å². The largest absolute Gasteiger partial charge is 0.508 e. The minimum Gasteiger partial charge on any atom is -0.508 e. The van der Waals surface area contributed by atoms with Gasteiger partial charge < -0.3 is 63.9 Å². The number of H-pyrrole nitrogens is 1. The number of aliphatic hydroxyl groups excluding tert-OH is 1. The van der Waals surface area contributed by atoms with Crippen molar-refractivity contribution in [1.82, 2.24) is 26.3 Å². The van der Waals surface area contributed by atoms with Gasteiger partial charge in [0.05, 0.1) is 18.6 Å². The number of phenolic OH excluding ortho intramolecular Hbond substituents is 1. The number of carbonyl (C=O) groups is 6. The molecule has 6 atom stereocenters. The molecule has 1 aromatic heterocycles. The third kappa shape index (κ3) is 12.8. The fourth-order valence-corrected chi connectivity index (χ4v) is 5.33. The molecule has 0 saturated carbocycles. The molecular formula is C34H45N9O10. The lowest BCUT2D eigenvalue weighted by Crippen LogP contribution is -2.61. The second-order valence-corrected chi connectivity index (χ2v) is 12.3.